The maximum atomic E-state index is 13.2. The van der Waals surface area contributed by atoms with Crippen molar-refractivity contribution in [2.45, 2.75) is 25.2 Å². The number of benzene rings is 2. The van der Waals surface area contributed by atoms with Crippen LogP contribution in [-0.2, 0) is 30.8 Å². The van der Waals surface area contributed by atoms with E-state index in [-0.39, 0.29) is 48.5 Å². The first kappa shape index (κ1) is 25.7. The van der Waals surface area contributed by atoms with Crippen LogP contribution in [0.2, 0.25) is 0 Å². The fraction of sp³-hybridized carbons (Fsp3) is 0.417. The molecule has 0 radical (unpaired) electrons. The van der Waals surface area contributed by atoms with Crippen molar-refractivity contribution < 1.29 is 27.5 Å². The van der Waals surface area contributed by atoms with Crippen molar-refractivity contribution in [3.8, 4) is 5.75 Å². The Kier molecular flexibility index (Phi) is 8.29. The number of ether oxygens (including phenoxy) is 2. The van der Waals surface area contributed by atoms with Crippen LogP contribution in [0.25, 0.3) is 0 Å². The summed E-state index contributed by atoms with van der Waals surface area (Å²) in [5.41, 5.74) is 3.17. The van der Waals surface area contributed by atoms with Crippen molar-refractivity contribution in [2.24, 2.45) is 0 Å². The lowest BCUT2D eigenvalue weighted by Gasteiger charge is -2.27. The van der Waals surface area contributed by atoms with Crippen molar-refractivity contribution in [3.05, 3.63) is 53.1 Å². The number of likely N-dealkylation sites (N-methyl/N-ethyl adjacent to an activating group) is 1. The molecule has 1 aliphatic heterocycles. The molecule has 34 heavy (non-hydrogen) atoms. The first-order valence-corrected chi connectivity index (χ1v) is 12.4. The SMILES string of the molecule is COc1ccc(CC(=O)N(C)CC(=O)Nc2cc(C)ccc2C)cc1S(=O)(=O)N1CCOCC1. The van der Waals surface area contributed by atoms with Crippen molar-refractivity contribution in [3.63, 3.8) is 0 Å². The van der Waals surface area contributed by atoms with Gasteiger partial charge in [-0.05, 0) is 48.7 Å². The number of nitrogens with zero attached hydrogens (tertiary/aromatic N) is 2. The Morgan fingerprint density at radius 1 is 1.12 bits per heavy atom. The third kappa shape index (κ3) is 6.13. The van der Waals surface area contributed by atoms with Gasteiger partial charge in [0.2, 0.25) is 21.8 Å². The van der Waals surface area contributed by atoms with Gasteiger partial charge < -0.3 is 19.7 Å². The molecule has 10 heteroatoms. The second kappa shape index (κ2) is 11.0. The highest BCUT2D eigenvalue weighted by molar-refractivity contribution is 7.89. The lowest BCUT2D eigenvalue weighted by Crippen LogP contribution is -2.40. The average molecular weight is 490 g/mol. The maximum absolute atomic E-state index is 13.2. The van der Waals surface area contributed by atoms with Gasteiger partial charge in [-0.1, -0.05) is 18.2 Å². The number of aryl methyl sites for hydroxylation is 2. The zero-order valence-corrected chi connectivity index (χ0v) is 20.8. The van der Waals surface area contributed by atoms with E-state index in [1.165, 1.54) is 22.4 Å². The summed E-state index contributed by atoms with van der Waals surface area (Å²) in [6, 6.07) is 10.4. The molecule has 1 fully saturated rings. The molecule has 0 aliphatic carbocycles. The second-order valence-corrected chi connectivity index (χ2v) is 10.2. The Morgan fingerprint density at radius 3 is 2.50 bits per heavy atom. The van der Waals surface area contributed by atoms with E-state index in [4.69, 9.17) is 9.47 Å². The van der Waals surface area contributed by atoms with E-state index in [9.17, 15) is 18.0 Å². The summed E-state index contributed by atoms with van der Waals surface area (Å²) in [4.78, 5) is 26.6. The fourth-order valence-electron chi connectivity index (χ4n) is 3.63. The Balaban J connectivity index is 1.69. The molecule has 0 saturated carbocycles. The summed E-state index contributed by atoms with van der Waals surface area (Å²) in [7, 11) is -0.860. The van der Waals surface area contributed by atoms with Crippen molar-refractivity contribution in [2.75, 3.05) is 52.3 Å². The van der Waals surface area contributed by atoms with Crippen LogP contribution < -0.4 is 10.1 Å². The summed E-state index contributed by atoms with van der Waals surface area (Å²) < 4.78 is 38.2. The second-order valence-electron chi connectivity index (χ2n) is 8.29. The van der Waals surface area contributed by atoms with E-state index in [1.807, 2.05) is 32.0 Å². The molecule has 1 heterocycles. The molecule has 184 valence electrons. The standard InChI is InChI=1S/C24H31N3O6S/c1-17-5-6-18(2)20(13-17)25-23(28)16-26(3)24(29)15-19-7-8-21(32-4)22(14-19)34(30,31)27-9-11-33-12-10-27/h5-8,13-14H,9-12,15-16H2,1-4H3,(H,25,28). The summed E-state index contributed by atoms with van der Waals surface area (Å²) in [5.74, 6) is -0.408. The lowest BCUT2D eigenvalue weighted by molar-refractivity contribution is -0.132. The van der Waals surface area contributed by atoms with Gasteiger partial charge in [0.25, 0.3) is 0 Å². The zero-order chi connectivity index (χ0) is 24.9. The molecule has 2 aromatic rings. The minimum Gasteiger partial charge on any atom is -0.495 e. The third-order valence-corrected chi connectivity index (χ3v) is 7.56. The number of hydrogen-bond donors (Lipinski definition) is 1. The number of morpholine rings is 1. The number of nitrogens with one attached hydrogen (secondary N) is 1. The highest BCUT2D eigenvalue weighted by atomic mass is 32.2. The molecule has 1 saturated heterocycles. The third-order valence-electron chi connectivity index (χ3n) is 5.64. The number of amides is 2. The van der Waals surface area contributed by atoms with E-state index in [0.29, 0.717) is 24.5 Å². The van der Waals surface area contributed by atoms with Gasteiger partial charge in [0.05, 0.1) is 33.3 Å². The number of sulfonamides is 1. The molecular formula is C24H31N3O6S. The average Bonchev–Trinajstić information content (AvgIpc) is 2.81. The minimum absolute atomic E-state index is 0.0116. The number of carbonyl (C=O) groups excluding carboxylic acids is 2. The summed E-state index contributed by atoms with van der Waals surface area (Å²) in [6.45, 7) is 4.88. The summed E-state index contributed by atoms with van der Waals surface area (Å²) in [6.07, 6.45) is -0.0527. The van der Waals surface area contributed by atoms with Gasteiger partial charge in [-0.25, -0.2) is 8.42 Å². The van der Waals surface area contributed by atoms with Crippen molar-refractivity contribution >= 4 is 27.5 Å². The van der Waals surface area contributed by atoms with E-state index >= 15 is 0 Å². The smallest absolute Gasteiger partial charge is 0.246 e. The predicted molar refractivity (Wildman–Crippen MR) is 128 cm³/mol. The molecule has 9 nitrogen and oxygen atoms in total. The Hall–Kier alpha value is -2.95. The number of carbonyl (C=O) groups is 2. The quantitative estimate of drug-likeness (QED) is 0.608. The largest absolute Gasteiger partial charge is 0.495 e. The van der Waals surface area contributed by atoms with Crippen LogP contribution in [0.5, 0.6) is 5.75 Å². The molecule has 1 aliphatic rings. The molecule has 3 rings (SSSR count). The number of hydrogen-bond acceptors (Lipinski definition) is 6. The van der Waals surface area contributed by atoms with Gasteiger partial charge in [-0.2, -0.15) is 4.31 Å². The molecular weight excluding hydrogens is 458 g/mol. The van der Waals surface area contributed by atoms with Gasteiger partial charge in [0, 0.05) is 25.8 Å². The number of rotatable bonds is 8. The van der Waals surface area contributed by atoms with Gasteiger partial charge in [-0.15, -0.1) is 0 Å². The van der Waals surface area contributed by atoms with Gasteiger partial charge >= 0.3 is 0 Å². The van der Waals surface area contributed by atoms with Crippen LogP contribution in [0, 0.1) is 13.8 Å². The zero-order valence-electron chi connectivity index (χ0n) is 20.0. The van der Waals surface area contributed by atoms with Crippen LogP contribution in [0.3, 0.4) is 0 Å². The Labute approximate surface area is 200 Å². The monoisotopic (exact) mass is 489 g/mol. The minimum atomic E-state index is -3.81. The molecule has 1 N–H and O–H groups in total. The highest BCUT2D eigenvalue weighted by Crippen LogP contribution is 2.28. The van der Waals surface area contributed by atoms with Crippen molar-refractivity contribution in [1.29, 1.82) is 0 Å². The van der Waals surface area contributed by atoms with Crippen LogP contribution in [-0.4, -0.2) is 76.4 Å². The molecule has 0 atom stereocenters. The van der Waals surface area contributed by atoms with E-state index in [1.54, 1.807) is 19.2 Å². The Morgan fingerprint density at radius 2 is 1.82 bits per heavy atom. The van der Waals surface area contributed by atoms with E-state index < -0.39 is 10.0 Å². The maximum Gasteiger partial charge on any atom is 0.246 e. The molecule has 2 amide bonds. The van der Waals surface area contributed by atoms with Crippen LogP contribution in [0.15, 0.2) is 41.3 Å². The number of methoxy groups -OCH3 is 1. The first-order valence-electron chi connectivity index (χ1n) is 11.0. The predicted octanol–water partition coefficient (Wildman–Crippen LogP) is 1.97. The number of anilines is 1. The van der Waals surface area contributed by atoms with Gasteiger partial charge in [-0.3, -0.25) is 9.59 Å². The first-order chi connectivity index (χ1) is 16.1. The molecule has 2 aromatic carbocycles. The topological polar surface area (TPSA) is 105 Å². The van der Waals surface area contributed by atoms with Crippen LogP contribution >= 0.6 is 0 Å². The van der Waals surface area contributed by atoms with Crippen LogP contribution in [0.4, 0.5) is 5.69 Å². The van der Waals surface area contributed by atoms with Crippen LogP contribution in [0.1, 0.15) is 16.7 Å². The Bertz CT molecular complexity index is 1160. The van der Waals surface area contributed by atoms with E-state index in [2.05, 4.69) is 5.32 Å². The van der Waals surface area contributed by atoms with Gasteiger partial charge in [0.15, 0.2) is 0 Å². The highest BCUT2D eigenvalue weighted by Gasteiger charge is 2.29. The summed E-state index contributed by atoms with van der Waals surface area (Å²) in [5, 5.41) is 2.84. The molecule has 0 spiro atoms. The van der Waals surface area contributed by atoms with Gasteiger partial charge in [0.1, 0.15) is 10.6 Å². The molecule has 0 aromatic heterocycles. The molecule has 0 unspecified atom stereocenters. The normalized spacial score (nSPS) is 14.5. The fourth-order valence-corrected chi connectivity index (χ4v) is 5.25. The summed E-state index contributed by atoms with van der Waals surface area (Å²) >= 11 is 0. The van der Waals surface area contributed by atoms with Crippen molar-refractivity contribution in [1.82, 2.24) is 9.21 Å². The molecule has 0 bridgehead atoms. The van der Waals surface area contributed by atoms with E-state index in [0.717, 1.165) is 11.1 Å². The lowest BCUT2D eigenvalue weighted by atomic mass is 10.1.